The quantitative estimate of drug-likeness (QED) is 0.616. The molecule has 4 rings (SSSR count). The first-order valence-electron chi connectivity index (χ1n) is 9.30. The Bertz CT molecular complexity index is 1090. The van der Waals surface area contributed by atoms with Crippen molar-refractivity contribution in [3.05, 3.63) is 65.0 Å². The Hall–Kier alpha value is -2.26. The van der Waals surface area contributed by atoms with Crippen LogP contribution in [0.4, 0.5) is 0 Å². The van der Waals surface area contributed by atoms with Gasteiger partial charge in [-0.1, -0.05) is 41.4 Å². The van der Waals surface area contributed by atoms with Crippen LogP contribution >= 0.6 is 11.6 Å². The zero-order valence-corrected chi connectivity index (χ0v) is 17.5. The summed E-state index contributed by atoms with van der Waals surface area (Å²) in [6.45, 7) is 4.42. The molecule has 0 spiro atoms. The fourth-order valence-corrected chi connectivity index (χ4v) is 5.16. The van der Waals surface area contributed by atoms with Crippen molar-refractivity contribution in [1.82, 2.24) is 19.4 Å². The van der Waals surface area contributed by atoms with E-state index in [1.165, 1.54) is 10.4 Å². The molecule has 0 aliphatic carbocycles. The molecule has 29 heavy (non-hydrogen) atoms. The fourth-order valence-electron chi connectivity index (χ4n) is 3.24. The van der Waals surface area contributed by atoms with E-state index in [4.69, 9.17) is 16.0 Å². The van der Waals surface area contributed by atoms with Gasteiger partial charge in [-0.3, -0.25) is 4.90 Å². The molecule has 1 aliphatic heterocycles. The minimum atomic E-state index is -3.60. The molecule has 0 saturated carbocycles. The van der Waals surface area contributed by atoms with Gasteiger partial charge >= 0.3 is 0 Å². The summed E-state index contributed by atoms with van der Waals surface area (Å²) in [6.07, 6.45) is 0. The molecule has 0 amide bonds. The van der Waals surface area contributed by atoms with Crippen LogP contribution in [0.15, 0.2) is 57.8 Å². The zero-order chi connectivity index (χ0) is 20.4. The lowest BCUT2D eigenvalue weighted by atomic mass is 10.1. The van der Waals surface area contributed by atoms with Crippen LogP contribution in [0.3, 0.4) is 0 Å². The van der Waals surface area contributed by atoms with Crippen LogP contribution in [-0.4, -0.2) is 54.0 Å². The molecule has 9 heteroatoms. The maximum absolute atomic E-state index is 12.8. The smallest absolute Gasteiger partial charge is 0.247 e. The second-order valence-electron chi connectivity index (χ2n) is 6.98. The number of aromatic nitrogens is 2. The predicted octanol–water partition coefficient (Wildman–Crippen LogP) is 3.20. The van der Waals surface area contributed by atoms with E-state index in [9.17, 15) is 8.42 Å². The Morgan fingerprint density at radius 3 is 2.38 bits per heavy atom. The molecule has 2 heterocycles. The maximum Gasteiger partial charge on any atom is 0.247 e. The van der Waals surface area contributed by atoms with Crippen molar-refractivity contribution >= 4 is 21.6 Å². The number of nitrogens with zero attached hydrogens (tertiary/aromatic N) is 4. The molecular formula is C20H21ClN4O3S. The van der Waals surface area contributed by atoms with Crippen LogP contribution in [0.5, 0.6) is 0 Å². The average molecular weight is 433 g/mol. The number of rotatable bonds is 5. The standard InChI is InChI=1S/C20H21ClN4O3S/c1-15-6-8-16(9-7-15)20-23-22-19(28-20)14-24-10-12-25(13-11-24)29(26,27)18-5-3-2-4-17(18)21/h2-9H,10-14H2,1H3. The van der Waals surface area contributed by atoms with Gasteiger partial charge in [-0.15, -0.1) is 10.2 Å². The fraction of sp³-hybridized carbons (Fsp3) is 0.300. The number of halogens is 1. The molecule has 1 aromatic heterocycles. The SMILES string of the molecule is Cc1ccc(-c2nnc(CN3CCN(S(=O)(=O)c4ccccc4Cl)CC3)o2)cc1. The summed E-state index contributed by atoms with van der Waals surface area (Å²) in [5.41, 5.74) is 2.04. The Balaban J connectivity index is 1.38. The molecule has 1 saturated heterocycles. The van der Waals surface area contributed by atoms with Crippen molar-refractivity contribution in [3.8, 4) is 11.5 Å². The van der Waals surface area contributed by atoms with E-state index in [1.54, 1.807) is 18.2 Å². The summed E-state index contributed by atoms with van der Waals surface area (Å²) in [4.78, 5) is 2.25. The molecule has 0 unspecified atom stereocenters. The number of piperazine rings is 1. The van der Waals surface area contributed by atoms with Crippen molar-refractivity contribution in [2.45, 2.75) is 18.4 Å². The van der Waals surface area contributed by atoms with E-state index in [2.05, 4.69) is 15.1 Å². The highest BCUT2D eigenvalue weighted by Crippen LogP contribution is 2.25. The van der Waals surface area contributed by atoms with Gasteiger partial charge in [-0.2, -0.15) is 4.31 Å². The van der Waals surface area contributed by atoms with Crippen molar-refractivity contribution in [2.24, 2.45) is 0 Å². The third-order valence-corrected chi connectivity index (χ3v) is 7.31. The van der Waals surface area contributed by atoms with Gasteiger partial charge in [-0.05, 0) is 31.2 Å². The molecule has 7 nitrogen and oxygen atoms in total. The summed E-state index contributed by atoms with van der Waals surface area (Å²) < 4.78 is 32.9. The van der Waals surface area contributed by atoms with Gasteiger partial charge in [0.1, 0.15) is 4.90 Å². The molecule has 2 aromatic carbocycles. The second kappa shape index (κ2) is 8.23. The number of hydrogen-bond donors (Lipinski definition) is 0. The van der Waals surface area contributed by atoms with Gasteiger partial charge in [0.25, 0.3) is 0 Å². The first-order valence-corrected chi connectivity index (χ1v) is 11.1. The van der Waals surface area contributed by atoms with Crippen LogP contribution in [0.25, 0.3) is 11.5 Å². The van der Waals surface area contributed by atoms with Gasteiger partial charge in [0.05, 0.1) is 11.6 Å². The lowest BCUT2D eigenvalue weighted by molar-refractivity contribution is 0.168. The van der Waals surface area contributed by atoms with Crippen LogP contribution in [0, 0.1) is 6.92 Å². The molecule has 1 fully saturated rings. The minimum absolute atomic E-state index is 0.148. The summed E-state index contributed by atoms with van der Waals surface area (Å²) >= 11 is 6.08. The zero-order valence-electron chi connectivity index (χ0n) is 16.0. The lowest BCUT2D eigenvalue weighted by Gasteiger charge is -2.33. The molecule has 0 atom stereocenters. The van der Waals surface area contributed by atoms with E-state index < -0.39 is 10.0 Å². The van der Waals surface area contributed by atoms with Gasteiger partial charge in [-0.25, -0.2) is 8.42 Å². The van der Waals surface area contributed by atoms with E-state index in [1.807, 2.05) is 31.2 Å². The summed E-state index contributed by atoms with van der Waals surface area (Å²) in [7, 11) is -3.60. The topological polar surface area (TPSA) is 79.5 Å². The van der Waals surface area contributed by atoms with Crippen molar-refractivity contribution in [3.63, 3.8) is 0 Å². The molecule has 0 radical (unpaired) electrons. The number of benzene rings is 2. The molecule has 1 aliphatic rings. The maximum atomic E-state index is 12.8. The highest BCUT2D eigenvalue weighted by atomic mass is 35.5. The number of hydrogen-bond acceptors (Lipinski definition) is 6. The second-order valence-corrected chi connectivity index (χ2v) is 9.29. The third-order valence-electron chi connectivity index (χ3n) is 4.91. The van der Waals surface area contributed by atoms with E-state index >= 15 is 0 Å². The summed E-state index contributed by atoms with van der Waals surface area (Å²) in [6, 6.07) is 14.4. The first kappa shape index (κ1) is 20.0. The Labute approximate surface area is 175 Å². The van der Waals surface area contributed by atoms with Crippen molar-refractivity contribution in [1.29, 1.82) is 0 Å². The van der Waals surface area contributed by atoms with Gasteiger partial charge < -0.3 is 4.42 Å². The van der Waals surface area contributed by atoms with Gasteiger partial charge in [0.15, 0.2) is 0 Å². The highest BCUT2D eigenvalue weighted by Gasteiger charge is 2.30. The van der Waals surface area contributed by atoms with Crippen LogP contribution in [-0.2, 0) is 16.6 Å². The summed E-state index contributed by atoms with van der Waals surface area (Å²) in [5, 5.41) is 8.49. The van der Waals surface area contributed by atoms with E-state index in [0.29, 0.717) is 44.5 Å². The monoisotopic (exact) mass is 432 g/mol. The largest absolute Gasteiger partial charge is 0.419 e. The summed E-state index contributed by atoms with van der Waals surface area (Å²) in [5.74, 6) is 1.00. The Kier molecular flexibility index (Phi) is 5.69. The van der Waals surface area contributed by atoms with Crippen LogP contribution < -0.4 is 0 Å². The van der Waals surface area contributed by atoms with Gasteiger partial charge in [0, 0.05) is 31.7 Å². The minimum Gasteiger partial charge on any atom is -0.419 e. The Morgan fingerprint density at radius 2 is 1.69 bits per heavy atom. The van der Waals surface area contributed by atoms with E-state index in [-0.39, 0.29) is 9.92 Å². The van der Waals surface area contributed by atoms with Crippen molar-refractivity contribution < 1.29 is 12.8 Å². The molecule has 0 N–H and O–H groups in total. The van der Waals surface area contributed by atoms with Crippen LogP contribution in [0.2, 0.25) is 5.02 Å². The van der Waals surface area contributed by atoms with Crippen molar-refractivity contribution in [2.75, 3.05) is 26.2 Å². The van der Waals surface area contributed by atoms with E-state index in [0.717, 1.165) is 11.1 Å². The Morgan fingerprint density at radius 1 is 1.00 bits per heavy atom. The van der Waals surface area contributed by atoms with Crippen LogP contribution in [0.1, 0.15) is 11.5 Å². The first-order chi connectivity index (χ1) is 13.9. The average Bonchev–Trinajstić information content (AvgIpc) is 3.17. The molecule has 3 aromatic rings. The normalized spacial score (nSPS) is 16.2. The molecule has 152 valence electrons. The molecular weight excluding hydrogens is 412 g/mol. The predicted molar refractivity (Wildman–Crippen MR) is 110 cm³/mol. The third kappa shape index (κ3) is 4.35. The number of aryl methyl sites for hydroxylation is 1. The highest BCUT2D eigenvalue weighted by molar-refractivity contribution is 7.89. The molecule has 0 bridgehead atoms. The number of sulfonamides is 1. The lowest BCUT2D eigenvalue weighted by Crippen LogP contribution is -2.48. The van der Waals surface area contributed by atoms with Gasteiger partial charge in [0.2, 0.25) is 21.8 Å².